The summed E-state index contributed by atoms with van der Waals surface area (Å²) in [6, 6.07) is 0. The highest BCUT2D eigenvalue weighted by Crippen LogP contribution is 2.27. The lowest BCUT2D eigenvalue weighted by Crippen LogP contribution is -2.44. The molecule has 0 aliphatic carbocycles. The molecule has 0 aromatic carbocycles. The molecule has 2 N–H and O–H groups in total. The number of nitrogens with zero attached hydrogens (tertiary/aromatic N) is 1. The molecule has 0 radical (unpaired) electrons. The lowest BCUT2D eigenvalue weighted by Gasteiger charge is -2.35. The van der Waals surface area contributed by atoms with Gasteiger partial charge in [-0.15, -0.1) is 0 Å². The Morgan fingerprint density at radius 1 is 1.64 bits per heavy atom. The van der Waals surface area contributed by atoms with Gasteiger partial charge in [-0.2, -0.15) is 0 Å². The third-order valence-electron chi connectivity index (χ3n) is 2.31. The lowest BCUT2D eigenvalue weighted by molar-refractivity contribution is 0.0532. The van der Waals surface area contributed by atoms with Gasteiger partial charge >= 0.3 is 0 Å². The van der Waals surface area contributed by atoms with Crippen molar-refractivity contribution >= 4 is 0 Å². The van der Waals surface area contributed by atoms with Gasteiger partial charge in [0.05, 0.1) is 0 Å². The van der Waals surface area contributed by atoms with Crippen LogP contribution in [0.4, 0.5) is 4.39 Å². The van der Waals surface area contributed by atoms with Gasteiger partial charge in [-0.05, 0) is 39.4 Å². The number of likely N-dealkylation sites (tertiary alicyclic amines) is 1. The summed E-state index contributed by atoms with van der Waals surface area (Å²) in [4.78, 5) is 2.04. The molecule has 1 atom stereocenters. The second kappa shape index (κ2) is 3.50. The van der Waals surface area contributed by atoms with E-state index in [9.17, 15) is 4.39 Å². The van der Waals surface area contributed by atoms with E-state index in [0.717, 1.165) is 13.0 Å². The van der Waals surface area contributed by atoms with E-state index in [2.05, 4.69) is 0 Å². The summed E-state index contributed by atoms with van der Waals surface area (Å²) < 4.78 is 13.7. The molecule has 3 heteroatoms. The number of hydrogen-bond donors (Lipinski definition) is 1. The van der Waals surface area contributed by atoms with Gasteiger partial charge in [-0.3, -0.25) is 0 Å². The van der Waals surface area contributed by atoms with Crippen molar-refractivity contribution in [2.75, 3.05) is 26.7 Å². The van der Waals surface area contributed by atoms with Crippen LogP contribution in [0, 0.1) is 0 Å². The maximum absolute atomic E-state index is 13.7. The first-order chi connectivity index (χ1) is 5.16. The molecule has 1 heterocycles. The smallest absolute Gasteiger partial charge is 0.124 e. The quantitative estimate of drug-likeness (QED) is 0.646. The van der Waals surface area contributed by atoms with Crippen LogP contribution in [0.2, 0.25) is 0 Å². The third-order valence-corrected chi connectivity index (χ3v) is 2.31. The van der Waals surface area contributed by atoms with Gasteiger partial charge in [-0.1, -0.05) is 0 Å². The standard InChI is InChI=1S/C8H17FN2/c1-11-6-2-3-8(9,7-11)4-5-10/h2-7,10H2,1H3. The summed E-state index contributed by atoms with van der Waals surface area (Å²) in [6.45, 7) is 2.05. The second-order valence-corrected chi connectivity index (χ2v) is 3.53. The molecule has 11 heavy (non-hydrogen) atoms. The normalized spacial score (nSPS) is 34.1. The lowest BCUT2D eigenvalue weighted by atomic mass is 9.92. The fourth-order valence-corrected chi connectivity index (χ4v) is 1.77. The Bertz CT molecular complexity index is 125. The molecular formula is C8H17FN2. The molecule has 0 saturated carbocycles. The summed E-state index contributed by atoms with van der Waals surface area (Å²) in [5.74, 6) is 0. The first-order valence-corrected chi connectivity index (χ1v) is 4.24. The number of halogens is 1. The summed E-state index contributed by atoms with van der Waals surface area (Å²) >= 11 is 0. The van der Waals surface area contributed by atoms with Crippen LogP contribution in [-0.2, 0) is 0 Å². The average molecular weight is 160 g/mol. The molecule has 66 valence electrons. The molecular weight excluding hydrogens is 143 g/mol. The number of rotatable bonds is 2. The highest BCUT2D eigenvalue weighted by Gasteiger charge is 2.32. The number of nitrogens with two attached hydrogens (primary N) is 1. The van der Waals surface area contributed by atoms with Crippen LogP contribution in [0.5, 0.6) is 0 Å². The first kappa shape index (κ1) is 8.94. The van der Waals surface area contributed by atoms with E-state index in [0.29, 0.717) is 25.9 Å². The highest BCUT2D eigenvalue weighted by molar-refractivity contribution is 4.86. The average Bonchev–Trinajstić information content (AvgIpc) is 1.86. The largest absolute Gasteiger partial charge is 0.330 e. The van der Waals surface area contributed by atoms with E-state index in [4.69, 9.17) is 5.73 Å². The molecule has 1 aliphatic heterocycles. The molecule has 0 amide bonds. The molecule has 0 aromatic rings. The molecule has 1 rings (SSSR count). The Morgan fingerprint density at radius 2 is 2.36 bits per heavy atom. The Labute approximate surface area is 67.6 Å². The minimum absolute atomic E-state index is 0.463. The molecule has 1 fully saturated rings. The molecule has 1 unspecified atom stereocenters. The van der Waals surface area contributed by atoms with Gasteiger partial charge < -0.3 is 10.6 Å². The minimum atomic E-state index is -0.998. The summed E-state index contributed by atoms with van der Waals surface area (Å²) in [5, 5.41) is 0. The maximum atomic E-state index is 13.7. The molecule has 0 aromatic heterocycles. The van der Waals surface area contributed by atoms with Gasteiger partial charge in [0.15, 0.2) is 0 Å². The number of hydrogen-bond acceptors (Lipinski definition) is 2. The van der Waals surface area contributed by atoms with Gasteiger partial charge in [0.2, 0.25) is 0 Å². The van der Waals surface area contributed by atoms with Crippen LogP contribution in [0.25, 0.3) is 0 Å². The van der Waals surface area contributed by atoms with Crippen molar-refractivity contribution < 1.29 is 4.39 Å². The van der Waals surface area contributed by atoms with Crippen LogP contribution in [-0.4, -0.2) is 37.3 Å². The van der Waals surface area contributed by atoms with Crippen LogP contribution < -0.4 is 5.73 Å². The van der Waals surface area contributed by atoms with Gasteiger partial charge in [0, 0.05) is 6.54 Å². The van der Waals surface area contributed by atoms with Crippen molar-refractivity contribution in [3.63, 3.8) is 0 Å². The van der Waals surface area contributed by atoms with Crippen LogP contribution in [0.3, 0.4) is 0 Å². The first-order valence-electron chi connectivity index (χ1n) is 4.24. The van der Waals surface area contributed by atoms with Crippen molar-refractivity contribution in [1.29, 1.82) is 0 Å². The molecule has 1 aliphatic rings. The minimum Gasteiger partial charge on any atom is -0.330 e. The third kappa shape index (κ3) is 2.42. The summed E-state index contributed by atoms with van der Waals surface area (Å²) in [6.07, 6.45) is 2.17. The zero-order valence-corrected chi connectivity index (χ0v) is 7.15. The van der Waals surface area contributed by atoms with Gasteiger partial charge in [0.25, 0.3) is 0 Å². The van der Waals surface area contributed by atoms with Crippen molar-refractivity contribution in [1.82, 2.24) is 4.90 Å². The molecule has 2 nitrogen and oxygen atoms in total. The van der Waals surface area contributed by atoms with Crippen molar-refractivity contribution in [3.8, 4) is 0 Å². The zero-order valence-electron chi connectivity index (χ0n) is 7.15. The summed E-state index contributed by atoms with van der Waals surface area (Å²) in [7, 11) is 1.96. The van der Waals surface area contributed by atoms with E-state index < -0.39 is 5.67 Å². The van der Waals surface area contributed by atoms with Gasteiger partial charge in [0.1, 0.15) is 5.67 Å². The summed E-state index contributed by atoms with van der Waals surface area (Å²) in [5.41, 5.74) is 4.33. The number of piperidine rings is 1. The Balaban J connectivity index is 2.41. The second-order valence-electron chi connectivity index (χ2n) is 3.53. The monoisotopic (exact) mass is 160 g/mol. The van der Waals surface area contributed by atoms with E-state index in [1.54, 1.807) is 0 Å². The van der Waals surface area contributed by atoms with Crippen molar-refractivity contribution in [3.05, 3.63) is 0 Å². The Morgan fingerprint density at radius 3 is 2.91 bits per heavy atom. The molecule has 0 spiro atoms. The van der Waals surface area contributed by atoms with Crippen LogP contribution in [0.1, 0.15) is 19.3 Å². The highest BCUT2D eigenvalue weighted by atomic mass is 19.1. The van der Waals surface area contributed by atoms with E-state index in [1.165, 1.54) is 0 Å². The molecule has 1 saturated heterocycles. The molecule has 0 bridgehead atoms. The topological polar surface area (TPSA) is 29.3 Å². The van der Waals surface area contributed by atoms with Crippen LogP contribution in [0.15, 0.2) is 0 Å². The van der Waals surface area contributed by atoms with Crippen molar-refractivity contribution in [2.45, 2.75) is 24.9 Å². The Kier molecular flexibility index (Phi) is 2.84. The Hall–Kier alpha value is -0.150. The number of alkyl halides is 1. The van der Waals surface area contributed by atoms with Crippen LogP contribution >= 0.6 is 0 Å². The van der Waals surface area contributed by atoms with E-state index in [1.807, 2.05) is 11.9 Å². The van der Waals surface area contributed by atoms with E-state index in [-0.39, 0.29) is 0 Å². The maximum Gasteiger partial charge on any atom is 0.124 e. The fraction of sp³-hybridized carbons (Fsp3) is 1.00. The van der Waals surface area contributed by atoms with E-state index >= 15 is 0 Å². The fourth-order valence-electron chi connectivity index (χ4n) is 1.77. The zero-order chi connectivity index (χ0) is 8.32. The SMILES string of the molecule is CN1CCCC(F)(CCN)C1. The predicted molar refractivity (Wildman–Crippen MR) is 44.2 cm³/mol. The van der Waals surface area contributed by atoms with Gasteiger partial charge in [-0.25, -0.2) is 4.39 Å². The van der Waals surface area contributed by atoms with Crippen molar-refractivity contribution in [2.24, 2.45) is 5.73 Å². The predicted octanol–water partition coefficient (Wildman–Crippen LogP) is 0.769.